The number of imide groups is 1. The first-order valence-corrected chi connectivity index (χ1v) is 11.1. The Morgan fingerprint density at radius 2 is 1.97 bits per heavy atom. The van der Waals surface area contributed by atoms with Crippen LogP contribution < -0.4 is 10.7 Å². The van der Waals surface area contributed by atoms with E-state index in [9.17, 15) is 19.2 Å². The SMILES string of the molecule is CCOCc1c(C(=O)OCC(=O)NN2C(=O)NC3(CCC(C)CC3)C2=O)oc2ccccc12. The van der Waals surface area contributed by atoms with E-state index in [0.29, 0.717) is 46.9 Å². The lowest BCUT2D eigenvalue weighted by Gasteiger charge is -2.33. The van der Waals surface area contributed by atoms with E-state index in [-0.39, 0.29) is 12.4 Å². The number of esters is 1. The van der Waals surface area contributed by atoms with Crippen LogP contribution in [-0.4, -0.2) is 47.6 Å². The fourth-order valence-electron chi connectivity index (χ4n) is 4.28. The zero-order valence-corrected chi connectivity index (χ0v) is 18.6. The van der Waals surface area contributed by atoms with Crippen LogP contribution in [0.15, 0.2) is 28.7 Å². The maximum absolute atomic E-state index is 12.8. The summed E-state index contributed by atoms with van der Waals surface area (Å²) in [6.07, 6.45) is 2.67. The molecule has 4 amide bonds. The molecule has 1 aliphatic carbocycles. The van der Waals surface area contributed by atoms with Gasteiger partial charge in [0.1, 0.15) is 11.1 Å². The summed E-state index contributed by atoms with van der Waals surface area (Å²) >= 11 is 0. The molecule has 2 fully saturated rings. The maximum atomic E-state index is 12.8. The van der Waals surface area contributed by atoms with Gasteiger partial charge >= 0.3 is 12.0 Å². The van der Waals surface area contributed by atoms with Gasteiger partial charge in [0, 0.05) is 17.6 Å². The van der Waals surface area contributed by atoms with E-state index in [1.807, 2.05) is 13.0 Å². The molecule has 1 saturated heterocycles. The number of hydrazine groups is 1. The van der Waals surface area contributed by atoms with E-state index in [1.54, 1.807) is 18.2 Å². The van der Waals surface area contributed by atoms with Gasteiger partial charge in [-0.25, -0.2) is 9.59 Å². The average Bonchev–Trinajstić information content (AvgIpc) is 3.29. The normalized spacial score (nSPS) is 22.6. The number of para-hydroxylation sites is 1. The average molecular weight is 457 g/mol. The molecule has 10 nitrogen and oxygen atoms in total. The molecule has 2 N–H and O–H groups in total. The molecule has 10 heteroatoms. The van der Waals surface area contributed by atoms with Crippen molar-refractivity contribution in [2.75, 3.05) is 13.2 Å². The molecular weight excluding hydrogens is 430 g/mol. The standard InChI is InChI=1S/C23H27N3O7/c1-3-31-12-16-15-6-4-5-7-17(15)33-19(16)20(28)32-13-18(27)25-26-21(29)23(24-22(26)30)10-8-14(2)9-11-23/h4-7,14H,3,8-13H2,1-2H3,(H,24,30)(H,25,27). The van der Waals surface area contributed by atoms with Gasteiger partial charge < -0.3 is 19.2 Å². The Morgan fingerprint density at radius 3 is 2.70 bits per heavy atom. The van der Waals surface area contributed by atoms with Crippen molar-refractivity contribution in [1.82, 2.24) is 15.8 Å². The highest BCUT2D eigenvalue weighted by Gasteiger charge is 2.52. The highest BCUT2D eigenvalue weighted by atomic mass is 16.5. The Labute approximate surface area is 190 Å². The number of nitrogens with zero attached hydrogens (tertiary/aromatic N) is 1. The van der Waals surface area contributed by atoms with Gasteiger partial charge in [0.25, 0.3) is 11.8 Å². The highest BCUT2D eigenvalue weighted by Crippen LogP contribution is 2.35. The third kappa shape index (κ3) is 4.43. The number of benzene rings is 1. The number of carbonyl (C=O) groups is 4. The second-order valence-corrected chi connectivity index (χ2v) is 8.49. The van der Waals surface area contributed by atoms with Gasteiger partial charge in [-0.15, -0.1) is 0 Å². The zero-order chi connectivity index (χ0) is 23.6. The summed E-state index contributed by atoms with van der Waals surface area (Å²) in [4.78, 5) is 50.1. The van der Waals surface area contributed by atoms with Crippen molar-refractivity contribution in [1.29, 1.82) is 0 Å². The summed E-state index contributed by atoms with van der Waals surface area (Å²) in [5.41, 5.74) is 2.29. The van der Waals surface area contributed by atoms with Crippen molar-refractivity contribution in [3.05, 3.63) is 35.6 Å². The number of furan rings is 1. The van der Waals surface area contributed by atoms with Crippen molar-refractivity contribution in [2.24, 2.45) is 5.92 Å². The predicted molar refractivity (Wildman–Crippen MR) is 116 cm³/mol. The van der Waals surface area contributed by atoms with Gasteiger partial charge in [-0.2, -0.15) is 5.01 Å². The molecule has 1 saturated carbocycles. The van der Waals surface area contributed by atoms with Crippen LogP contribution in [0.1, 0.15) is 55.6 Å². The van der Waals surface area contributed by atoms with Crippen LogP contribution in [0.25, 0.3) is 11.0 Å². The fraction of sp³-hybridized carbons (Fsp3) is 0.478. The molecule has 0 radical (unpaired) electrons. The summed E-state index contributed by atoms with van der Waals surface area (Å²) in [6, 6.07) is 6.42. The first-order valence-electron chi connectivity index (χ1n) is 11.1. The highest BCUT2D eigenvalue weighted by molar-refractivity contribution is 6.08. The van der Waals surface area contributed by atoms with Gasteiger partial charge in [0.05, 0.1) is 6.61 Å². The minimum Gasteiger partial charge on any atom is -0.450 e. The van der Waals surface area contributed by atoms with Crippen LogP contribution in [0.3, 0.4) is 0 Å². The minimum absolute atomic E-state index is 0.0530. The third-order valence-corrected chi connectivity index (χ3v) is 6.19. The molecule has 2 aromatic rings. The number of hydrogen-bond acceptors (Lipinski definition) is 7. The number of urea groups is 1. The summed E-state index contributed by atoms with van der Waals surface area (Å²) in [5, 5.41) is 4.10. The van der Waals surface area contributed by atoms with Crippen LogP contribution in [0, 0.1) is 5.92 Å². The smallest absolute Gasteiger partial charge is 0.375 e. The van der Waals surface area contributed by atoms with E-state index < -0.39 is 36.0 Å². The molecule has 1 spiro atoms. The third-order valence-electron chi connectivity index (χ3n) is 6.19. The lowest BCUT2D eigenvalue weighted by atomic mass is 9.77. The molecule has 2 heterocycles. The second kappa shape index (κ2) is 9.22. The number of hydrogen-bond donors (Lipinski definition) is 2. The van der Waals surface area contributed by atoms with E-state index in [4.69, 9.17) is 13.9 Å². The van der Waals surface area contributed by atoms with Crippen molar-refractivity contribution >= 4 is 34.8 Å². The van der Waals surface area contributed by atoms with Gasteiger partial charge in [-0.05, 0) is 44.6 Å². The first kappa shape index (κ1) is 22.8. The molecule has 0 bridgehead atoms. The second-order valence-electron chi connectivity index (χ2n) is 8.49. The summed E-state index contributed by atoms with van der Waals surface area (Å²) < 4.78 is 16.2. The Balaban J connectivity index is 1.39. The topological polar surface area (TPSA) is 127 Å². The number of amides is 4. The van der Waals surface area contributed by atoms with E-state index in [2.05, 4.69) is 17.7 Å². The summed E-state index contributed by atoms with van der Waals surface area (Å²) in [5.74, 6) is -1.71. The van der Waals surface area contributed by atoms with Gasteiger partial charge in [-0.3, -0.25) is 15.0 Å². The molecule has 0 atom stereocenters. The monoisotopic (exact) mass is 457 g/mol. The molecule has 0 unspecified atom stereocenters. The number of carbonyl (C=O) groups excluding carboxylic acids is 4. The van der Waals surface area contributed by atoms with Gasteiger partial charge in [0.2, 0.25) is 5.76 Å². The Kier molecular flexibility index (Phi) is 6.37. The number of ether oxygens (including phenoxy) is 2. The maximum Gasteiger partial charge on any atom is 0.375 e. The van der Waals surface area contributed by atoms with Gasteiger partial charge in [-0.1, -0.05) is 25.1 Å². The predicted octanol–water partition coefficient (Wildman–Crippen LogP) is 2.66. The molecule has 33 heavy (non-hydrogen) atoms. The van der Waals surface area contributed by atoms with Crippen molar-refractivity contribution in [3.63, 3.8) is 0 Å². The van der Waals surface area contributed by atoms with Crippen molar-refractivity contribution < 1.29 is 33.1 Å². The lowest BCUT2D eigenvalue weighted by molar-refractivity contribution is -0.141. The molecule has 1 aromatic carbocycles. The molecule has 1 aliphatic heterocycles. The number of fused-ring (bicyclic) bond motifs is 1. The summed E-state index contributed by atoms with van der Waals surface area (Å²) in [6.45, 7) is 3.84. The quantitative estimate of drug-likeness (QED) is 0.483. The van der Waals surface area contributed by atoms with Crippen LogP contribution in [0.4, 0.5) is 4.79 Å². The van der Waals surface area contributed by atoms with Crippen LogP contribution in [0.2, 0.25) is 0 Å². The lowest BCUT2D eigenvalue weighted by Crippen LogP contribution is -2.52. The minimum atomic E-state index is -0.976. The molecule has 4 rings (SSSR count). The Hall–Kier alpha value is -3.40. The van der Waals surface area contributed by atoms with E-state index in [1.165, 1.54) is 0 Å². The molecule has 1 aromatic heterocycles. The number of nitrogens with one attached hydrogen (secondary N) is 2. The van der Waals surface area contributed by atoms with Crippen LogP contribution in [0.5, 0.6) is 0 Å². The first-order chi connectivity index (χ1) is 15.8. The van der Waals surface area contributed by atoms with E-state index >= 15 is 0 Å². The fourth-order valence-corrected chi connectivity index (χ4v) is 4.28. The summed E-state index contributed by atoms with van der Waals surface area (Å²) in [7, 11) is 0. The van der Waals surface area contributed by atoms with Crippen LogP contribution in [-0.2, 0) is 25.7 Å². The van der Waals surface area contributed by atoms with E-state index in [0.717, 1.165) is 12.8 Å². The molecular formula is C23H27N3O7. The van der Waals surface area contributed by atoms with Crippen molar-refractivity contribution in [3.8, 4) is 0 Å². The molecule has 176 valence electrons. The molecule has 2 aliphatic rings. The van der Waals surface area contributed by atoms with Crippen LogP contribution >= 0.6 is 0 Å². The van der Waals surface area contributed by atoms with Gasteiger partial charge in [0.15, 0.2) is 6.61 Å². The zero-order valence-electron chi connectivity index (χ0n) is 18.6. The van der Waals surface area contributed by atoms with Crippen molar-refractivity contribution in [2.45, 2.75) is 51.7 Å². The largest absolute Gasteiger partial charge is 0.450 e. The Bertz CT molecular complexity index is 1080. The number of rotatable bonds is 7. The Morgan fingerprint density at radius 1 is 1.24 bits per heavy atom.